The molecule has 5 atom stereocenters. The van der Waals surface area contributed by atoms with Gasteiger partial charge in [0.2, 0.25) is 0 Å². The Balaban J connectivity index is 1.64. The molecule has 1 spiro atoms. The van der Waals surface area contributed by atoms with Gasteiger partial charge in [0.15, 0.2) is 14.1 Å². The first-order valence-corrected chi connectivity index (χ1v) is 12.8. The predicted octanol–water partition coefficient (Wildman–Crippen LogP) is 3.19. The molecule has 146 valence electrons. The van der Waals surface area contributed by atoms with Crippen molar-refractivity contribution >= 4 is 8.32 Å². The van der Waals surface area contributed by atoms with E-state index in [1.54, 1.807) is 0 Å². The Hall–Kier alpha value is 0.0169. The first kappa shape index (κ1) is 19.8. The summed E-state index contributed by atoms with van der Waals surface area (Å²) in [5, 5.41) is 21.3. The van der Waals surface area contributed by atoms with Crippen molar-refractivity contribution in [3.8, 4) is 0 Å². The molecule has 0 radical (unpaired) electrons. The summed E-state index contributed by atoms with van der Waals surface area (Å²) < 4.78 is 18.7. The van der Waals surface area contributed by atoms with Crippen molar-refractivity contribution in [2.45, 2.75) is 108 Å². The van der Waals surface area contributed by atoms with Crippen LogP contribution in [-0.4, -0.2) is 55.3 Å². The van der Waals surface area contributed by atoms with Gasteiger partial charge in [-0.15, -0.1) is 0 Å². The van der Waals surface area contributed by atoms with Crippen LogP contribution in [0, 0.1) is 5.92 Å². The maximum absolute atomic E-state index is 10.6. The third-order valence-corrected chi connectivity index (χ3v) is 11.4. The molecule has 2 N–H and O–H groups in total. The zero-order valence-corrected chi connectivity index (χ0v) is 17.5. The van der Waals surface area contributed by atoms with E-state index >= 15 is 0 Å². The van der Waals surface area contributed by atoms with Gasteiger partial charge in [-0.05, 0) is 37.4 Å². The molecule has 1 saturated heterocycles. The van der Waals surface area contributed by atoms with Gasteiger partial charge in [0.25, 0.3) is 0 Å². The molecule has 6 heteroatoms. The molecule has 1 aliphatic heterocycles. The second-order valence-electron chi connectivity index (χ2n) is 9.74. The zero-order chi connectivity index (χ0) is 18.5. The van der Waals surface area contributed by atoms with E-state index in [2.05, 4.69) is 33.9 Å². The van der Waals surface area contributed by atoms with Gasteiger partial charge in [0.1, 0.15) is 6.10 Å². The highest BCUT2D eigenvalue weighted by atomic mass is 28.4. The number of aliphatic hydroxyl groups excluding tert-OH is 2. The molecule has 2 saturated carbocycles. The smallest absolute Gasteiger partial charge is 0.192 e. The lowest BCUT2D eigenvalue weighted by molar-refractivity contribution is -0.194. The molecule has 0 bridgehead atoms. The topological polar surface area (TPSA) is 68.2 Å². The first-order chi connectivity index (χ1) is 11.5. The van der Waals surface area contributed by atoms with Gasteiger partial charge in [0, 0.05) is 18.8 Å². The number of ether oxygens (including phenoxy) is 2. The van der Waals surface area contributed by atoms with Gasteiger partial charge in [-0.2, -0.15) is 0 Å². The number of rotatable bonds is 3. The summed E-state index contributed by atoms with van der Waals surface area (Å²) in [6.45, 7) is 11.5. The Labute approximate surface area is 153 Å². The molecule has 25 heavy (non-hydrogen) atoms. The van der Waals surface area contributed by atoms with E-state index in [-0.39, 0.29) is 23.2 Å². The molecule has 3 aliphatic rings. The monoisotopic (exact) mass is 372 g/mol. The molecule has 0 aromatic heterocycles. The summed E-state index contributed by atoms with van der Waals surface area (Å²) in [5.74, 6) is -0.558. The SMILES string of the molecule is CC(C)(C)[Si](C)(C)O[C@@H]1C[C@H]([C@H]2COC3(CCCCC3)O2)[C@@H](O)[C@H]1O. The van der Waals surface area contributed by atoms with Gasteiger partial charge in [0.05, 0.1) is 24.9 Å². The van der Waals surface area contributed by atoms with Crippen LogP contribution in [0.15, 0.2) is 0 Å². The fraction of sp³-hybridized carbons (Fsp3) is 1.00. The van der Waals surface area contributed by atoms with Gasteiger partial charge in [-0.3, -0.25) is 0 Å². The summed E-state index contributed by atoms with van der Waals surface area (Å²) in [6, 6.07) is 0. The molecule has 5 nitrogen and oxygen atoms in total. The van der Waals surface area contributed by atoms with Crippen molar-refractivity contribution in [1.82, 2.24) is 0 Å². The van der Waals surface area contributed by atoms with Crippen molar-refractivity contribution in [3.63, 3.8) is 0 Å². The molecular formula is C19H36O5Si. The second-order valence-corrected chi connectivity index (χ2v) is 14.5. The molecule has 0 aromatic carbocycles. The average Bonchev–Trinajstić information content (AvgIpc) is 3.03. The average molecular weight is 373 g/mol. The Bertz CT molecular complexity index is 469. The zero-order valence-electron chi connectivity index (χ0n) is 16.5. The molecule has 1 heterocycles. The number of aliphatic hydroxyl groups is 2. The van der Waals surface area contributed by atoms with E-state index in [0.29, 0.717) is 13.0 Å². The van der Waals surface area contributed by atoms with Crippen LogP contribution in [0.5, 0.6) is 0 Å². The molecule has 2 aliphatic carbocycles. The minimum atomic E-state index is -1.99. The van der Waals surface area contributed by atoms with Crippen LogP contribution in [0.25, 0.3) is 0 Å². The van der Waals surface area contributed by atoms with E-state index in [9.17, 15) is 10.2 Å². The molecule has 3 rings (SSSR count). The maximum atomic E-state index is 10.6. The lowest BCUT2D eigenvalue weighted by Gasteiger charge is -2.39. The normalized spacial score (nSPS) is 39.2. The largest absolute Gasteiger partial charge is 0.411 e. The standard InChI is InChI=1S/C19H36O5Si/c1-18(2,3)25(4,5)24-14-11-13(16(20)17(14)21)15-12-22-19(23-15)9-7-6-8-10-19/h13-17,20-21H,6-12H2,1-5H3/t13-,14-,15-,16-,17+/m1/s1. The van der Waals surface area contributed by atoms with Gasteiger partial charge in [-0.1, -0.05) is 27.2 Å². The predicted molar refractivity (Wildman–Crippen MR) is 98.8 cm³/mol. The van der Waals surface area contributed by atoms with Crippen LogP contribution in [0.3, 0.4) is 0 Å². The highest BCUT2D eigenvalue weighted by Gasteiger charge is 2.53. The number of hydrogen-bond donors (Lipinski definition) is 2. The summed E-state index contributed by atoms with van der Waals surface area (Å²) in [6.07, 6.45) is 3.94. The van der Waals surface area contributed by atoms with Crippen LogP contribution in [0.4, 0.5) is 0 Å². The fourth-order valence-corrected chi connectivity index (χ4v) is 5.55. The highest BCUT2D eigenvalue weighted by Crippen LogP contribution is 2.45. The van der Waals surface area contributed by atoms with E-state index in [4.69, 9.17) is 13.9 Å². The van der Waals surface area contributed by atoms with E-state index in [1.807, 2.05) is 0 Å². The number of hydrogen-bond acceptors (Lipinski definition) is 5. The lowest BCUT2D eigenvalue weighted by Crippen LogP contribution is -2.46. The summed E-state index contributed by atoms with van der Waals surface area (Å²) in [4.78, 5) is 0. The van der Waals surface area contributed by atoms with Crippen LogP contribution in [-0.2, 0) is 13.9 Å². The van der Waals surface area contributed by atoms with E-state index in [1.165, 1.54) is 6.42 Å². The Morgan fingerprint density at radius 2 is 1.68 bits per heavy atom. The Morgan fingerprint density at radius 1 is 1.04 bits per heavy atom. The lowest BCUT2D eigenvalue weighted by atomic mass is 9.94. The van der Waals surface area contributed by atoms with Crippen molar-refractivity contribution in [3.05, 3.63) is 0 Å². The summed E-state index contributed by atoms with van der Waals surface area (Å²) in [7, 11) is -1.99. The van der Waals surface area contributed by atoms with E-state index in [0.717, 1.165) is 25.7 Å². The third kappa shape index (κ3) is 3.85. The minimum Gasteiger partial charge on any atom is -0.411 e. The quantitative estimate of drug-likeness (QED) is 0.745. The van der Waals surface area contributed by atoms with Crippen molar-refractivity contribution in [2.75, 3.05) is 6.61 Å². The van der Waals surface area contributed by atoms with Crippen LogP contribution in [0.1, 0.15) is 59.3 Å². The summed E-state index contributed by atoms with van der Waals surface area (Å²) >= 11 is 0. The second kappa shape index (κ2) is 6.88. The molecular weight excluding hydrogens is 336 g/mol. The molecule has 0 unspecified atom stereocenters. The third-order valence-electron chi connectivity index (χ3n) is 6.90. The van der Waals surface area contributed by atoms with E-state index < -0.39 is 26.3 Å². The maximum Gasteiger partial charge on any atom is 0.192 e. The van der Waals surface area contributed by atoms with Crippen LogP contribution >= 0.6 is 0 Å². The Kier molecular flexibility index (Phi) is 5.44. The van der Waals surface area contributed by atoms with Gasteiger partial charge in [-0.25, -0.2) is 0 Å². The first-order valence-electron chi connectivity index (χ1n) is 9.90. The van der Waals surface area contributed by atoms with Crippen molar-refractivity contribution in [1.29, 1.82) is 0 Å². The summed E-state index contributed by atoms with van der Waals surface area (Å²) in [5.41, 5.74) is 0. The van der Waals surface area contributed by atoms with Crippen LogP contribution < -0.4 is 0 Å². The molecule has 0 aromatic rings. The Morgan fingerprint density at radius 3 is 2.28 bits per heavy atom. The van der Waals surface area contributed by atoms with Gasteiger partial charge >= 0.3 is 0 Å². The molecule has 0 amide bonds. The van der Waals surface area contributed by atoms with Crippen molar-refractivity contribution in [2.24, 2.45) is 5.92 Å². The molecule has 3 fully saturated rings. The van der Waals surface area contributed by atoms with Crippen molar-refractivity contribution < 1.29 is 24.1 Å². The highest BCUT2D eigenvalue weighted by molar-refractivity contribution is 6.74. The van der Waals surface area contributed by atoms with Gasteiger partial charge < -0.3 is 24.1 Å². The minimum absolute atomic E-state index is 0.0783. The fourth-order valence-electron chi connectivity index (χ4n) is 4.21. The van der Waals surface area contributed by atoms with Crippen LogP contribution in [0.2, 0.25) is 18.1 Å².